The van der Waals surface area contributed by atoms with Crippen molar-refractivity contribution in [2.24, 2.45) is 0 Å². The molecule has 2 unspecified atom stereocenters. The molecular formula is C18H18F6O6. The van der Waals surface area contributed by atoms with E-state index in [4.69, 9.17) is 4.74 Å². The van der Waals surface area contributed by atoms with E-state index in [1.165, 1.54) is 0 Å². The highest BCUT2D eigenvalue weighted by Gasteiger charge is 2.74. The smallest absolute Gasteiger partial charge is 0.430 e. The Morgan fingerprint density at radius 3 is 2.10 bits per heavy atom. The van der Waals surface area contributed by atoms with E-state index in [1.54, 1.807) is 6.92 Å². The van der Waals surface area contributed by atoms with Crippen molar-refractivity contribution >= 4 is 11.9 Å². The summed E-state index contributed by atoms with van der Waals surface area (Å²) in [6.07, 6.45) is -16.3. The van der Waals surface area contributed by atoms with Crippen molar-refractivity contribution in [1.29, 1.82) is 0 Å². The van der Waals surface area contributed by atoms with Gasteiger partial charge in [0.25, 0.3) is 5.60 Å². The van der Waals surface area contributed by atoms with Gasteiger partial charge in [0.2, 0.25) is 6.29 Å². The molecule has 1 aromatic carbocycles. The van der Waals surface area contributed by atoms with E-state index in [-0.39, 0.29) is 6.61 Å². The lowest BCUT2D eigenvalue weighted by Gasteiger charge is -2.39. The second-order valence-corrected chi connectivity index (χ2v) is 6.42. The van der Waals surface area contributed by atoms with E-state index < -0.39 is 54.5 Å². The minimum absolute atomic E-state index is 0.342. The van der Waals surface area contributed by atoms with Gasteiger partial charge in [0.05, 0.1) is 6.61 Å². The molecule has 12 heteroatoms. The molecule has 30 heavy (non-hydrogen) atoms. The number of benzene rings is 1. The number of carbonyl (C=O) groups is 2. The van der Waals surface area contributed by atoms with Crippen LogP contribution < -0.4 is 0 Å². The van der Waals surface area contributed by atoms with Gasteiger partial charge in [-0.25, -0.2) is 4.79 Å². The molecule has 0 N–H and O–H groups in total. The Morgan fingerprint density at radius 2 is 1.70 bits per heavy atom. The van der Waals surface area contributed by atoms with Gasteiger partial charge in [0, 0.05) is 5.56 Å². The molecule has 168 valence electrons. The largest absolute Gasteiger partial charge is 0.508 e. The Balaban J connectivity index is 2.43. The van der Waals surface area contributed by atoms with E-state index in [1.807, 2.05) is 0 Å². The van der Waals surface area contributed by atoms with Crippen LogP contribution in [0.4, 0.5) is 31.1 Å². The molecule has 1 aromatic rings. The minimum Gasteiger partial charge on any atom is -0.430 e. The average Bonchev–Trinajstić information content (AvgIpc) is 3.05. The number of hydrogen-bond donors (Lipinski definition) is 0. The number of aryl methyl sites for hydroxylation is 1. The van der Waals surface area contributed by atoms with Crippen molar-refractivity contribution in [3.05, 3.63) is 35.4 Å². The van der Waals surface area contributed by atoms with E-state index in [9.17, 15) is 35.9 Å². The molecular weight excluding hydrogens is 426 g/mol. The fraction of sp³-hybridized carbons (Fsp3) is 0.556. The summed E-state index contributed by atoms with van der Waals surface area (Å²) < 4.78 is 101. The number of alkyl halides is 6. The minimum atomic E-state index is -5.99. The van der Waals surface area contributed by atoms with E-state index >= 15 is 0 Å². The molecule has 6 nitrogen and oxygen atoms in total. The van der Waals surface area contributed by atoms with Crippen molar-refractivity contribution in [3.8, 4) is 0 Å². The van der Waals surface area contributed by atoms with Crippen molar-refractivity contribution in [3.63, 3.8) is 0 Å². The Kier molecular flexibility index (Phi) is 7.02. The Labute approximate surface area is 167 Å². The third-order valence-electron chi connectivity index (χ3n) is 4.27. The molecule has 1 saturated heterocycles. The van der Waals surface area contributed by atoms with E-state index in [0.717, 1.165) is 12.1 Å². The van der Waals surface area contributed by atoms with Gasteiger partial charge in [0.1, 0.15) is 6.61 Å². The maximum absolute atomic E-state index is 13.9. The standard InChI is InChI=1S/C18H18F6O6/c1-3-11-4-6-12(7-5-11)16(17(19,20)21,18(22,23)24)30-14(10(2)25)27-8-13-9-28-15(26)29-13/h4-7,13-14H,3,8-9H2,1-2H3. The molecule has 0 aliphatic carbocycles. The summed E-state index contributed by atoms with van der Waals surface area (Å²) in [6, 6.07) is 3.49. The number of carbonyl (C=O) groups excluding carboxylic acids is 2. The van der Waals surface area contributed by atoms with Gasteiger partial charge in [-0.15, -0.1) is 0 Å². The quantitative estimate of drug-likeness (QED) is 0.342. The van der Waals surface area contributed by atoms with Gasteiger partial charge in [-0.2, -0.15) is 26.3 Å². The summed E-state index contributed by atoms with van der Waals surface area (Å²) >= 11 is 0. The van der Waals surface area contributed by atoms with Crippen LogP contribution in [0.25, 0.3) is 0 Å². The fourth-order valence-corrected chi connectivity index (χ4v) is 2.70. The molecule has 0 spiro atoms. The molecule has 0 bridgehead atoms. The topological polar surface area (TPSA) is 71.1 Å². The number of cyclic esters (lactones) is 2. The Hall–Kier alpha value is -2.34. The normalized spacial score (nSPS) is 18.7. The van der Waals surface area contributed by atoms with Crippen LogP contribution in [0, 0.1) is 0 Å². The van der Waals surface area contributed by atoms with Crippen molar-refractivity contribution in [1.82, 2.24) is 0 Å². The maximum atomic E-state index is 13.9. The van der Waals surface area contributed by atoms with E-state index in [2.05, 4.69) is 14.2 Å². The highest BCUT2D eigenvalue weighted by atomic mass is 19.4. The highest BCUT2D eigenvalue weighted by molar-refractivity contribution is 5.79. The van der Waals surface area contributed by atoms with E-state index in [0.29, 0.717) is 31.0 Å². The number of hydrogen-bond acceptors (Lipinski definition) is 6. The van der Waals surface area contributed by atoms with Gasteiger partial charge >= 0.3 is 18.5 Å². The lowest BCUT2D eigenvalue weighted by molar-refractivity contribution is -0.412. The molecule has 1 aliphatic heterocycles. The first-order chi connectivity index (χ1) is 13.8. The monoisotopic (exact) mass is 444 g/mol. The number of halogens is 6. The lowest BCUT2D eigenvalue weighted by atomic mass is 9.90. The third-order valence-corrected chi connectivity index (χ3v) is 4.27. The first kappa shape index (κ1) is 23.9. The third kappa shape index (κ3) is 4.86. The van der Waals surface area contributed by atoms with Crippen molar-refractivity contribution < 1.29 is 54.9 Å². The summed E-state index contributed by atoms with van der Waals surface area (Å²) in [5.74, 6) is -1.25. The highest BCUT2D eigenvalue weighted by Crippen LogP contribution is 2.53. The predicted molar refractivity (Wildman–Crippen MR) is 87.3 cm³/mol. The van der Waals surface area contributed by atoms with Gasteiger partial charge in [-0.05, 0) is 18.9 Å². The van der Waals surface area contributed by atoms with Gasteiger partial charge in [-0.3, -0.25) is 4.79 Å². The number of ketones is 1. The Morgan fingerprint density at radius 1 is 1.13 bits per heavy atom. The zero-order valence-corrected chi connectivity index (χ0v) is 15.8. The maximum Gasteiger partial charge on any atom is 0.508 e. The fourth-order valence-electron chi connectivity index (χ4n) is 2.70. The van der Waals surface area contributed by atoms with Crippen LogP contribution in [0.1, 0.15) is 25.0 Å². The van der Waals surface area contributed by atoms with Crippen LogP contribution in [-0.4, -0.2) is 49.9 Å². The van der Waals surface area contributed by atoms with Crippen LogP contribution in [0.3, 0.4) is 0 Å². The summed E-state index contributed by atoms with van der Waals surface area (Å²) in [4.78, 5) is 22.6. The van der Waals surface area contributed by atoms with Crippen molar-refractivity contribution in [2.45, 2.75) is 50.6 Å². The van der Waals surface area contributed by atoms with Gasteiger partial charge < -0.3 is 18.9 Å². The van der Waals surface area contributed by atoms with Crippen LogP contribution >= 0.6 is 0 Å². The van der Waals surface area contributed by atoms with Crippen molar-refractivity contribution in [2.75, 3.05) is 13.2 Å². The molecule has 0 aromatic heterocycles. The van der Waals surface area contributed by atoms with Gasteiger partial charge in [-0.1, -0.05) is 31.2 Å². The molecule has 0 saturated carbocycles. The second kappa shape index (κ2) is 8.80. The van der Waals surface area contributed by atoms with Crippen LogP contribution in [0.5, 0.6) is 0 Å². The molecule has 0 radical (unpaired) electrons. The average molecular weight is 444 g/mol. The zero-order valence-electron chi connectivity index (χ0n) is 15.8. The number of Topliss-reactive ketones (excluding diaryl/α,β-unsaturated/α-hetero) is 1. The summed E-state index contributed by atoms with van der Waals surface area (Å²) in [5.41, 5.74) is -5.59. The first-order valence-electron chi connectivity index (χ1n) is 8.68. The molecule has 2 atom stereocenters. The summed E-state index contributed by atoms with van der Waals surface area (Å²) in [6.45, 7) is 1.33. The zero-order chi connectivity index (χ0) is 22.7. The number of rotatable bonds is 8. The Bertz CT molecular complexity index is 744. The lowest BCUT2D eigenvalue weighted by Crippen LogP contribution is -2.58. The van der Waals surface area contributed by atoms with Crippen LogP contribution in [0.15, 0.2) is 24.3 Å². The predicted octanol–water partition coefficient (Wildman–Crippen LogP) is 4.05. The number of ether oxygens (including phenoxy) is 4. The van der Waals surface area contributed by atoms with Gasteiger partial charge in [0.15, 0.2) is 11.9 Å². The SMILES string of the molecule is CCc1ccc(C(OC(OCC2COC(=O)O2)C(C)=O)(C(F)(F)F)C(F)(F)F)cc1. The molecule has 1 heterocycles. The first-order valence-corrected chi connectivity index (χ1v) is 8.68. The molecule has 1 fully saturated rings. The second-order valence-electron chi connectivity index (χ2n) is 6.42. The molecule has 2 rings (SSSR count). The van der Waals surface area contributed by atoms with Crippen LogP contribution in [-0.2, 0) is 35.8 Å². The molecule has 1 aliphatic rings. The molecule has 0 amide bonds. The summed E-state index contributed by atoms with van der Waals surface area (Å²) in [5, 5.41) is 0. The van der Waals surface area contributed by atoms with Crippen LogP contribution in [0.2, 0.25) is 0 Å². The summed E-state index contributed by atoms with van der Waals surface area (Å²) in [7, 11) is 0.